The normalized spacial score (nSPS) is 23.8. The molecule has 21 heavy (non-hydrogen) atoms. The third-order valence-electron chi connectivity index (χ3n) is 3.48. The summed E-state index contributed by atoms with van der Waals surface area (Å²) >= 11 is 0. The number of hydrogen-bond acceptors (Lipinski definition) is 5. The van der Waals surface area contributed by atoms with Crippen molar-refractivity contribution in [1.29, 1.82) is 0 Å². The van der Waals surface area contributed by atoms with E-state index in [1.807, 2.05) is 20.8 Å². The van der Waals surface area contributed by atoms with E-state index in [-0.39, 0.29) is 18.2 Å². The van der Waals surface area contributed by atoms with Gasteiger partial charge in [-0.05, 0) is 47.0 Å². The summed E-state index contributed by atoms with van der Waals surface area (Å²) in [6.45, 7) is 7.65. The minimum Gasteiger partial charge on any atom is -0.444 e. The Hall–Kier alpha value is -1.63. The largest absolute Gasteiger partial charge is 0.444 e. The molecule has 1 aromatic rings. The molecule has 0 bridgehead atoms. The molecule has 3 atom stereocenters. The van der Waals surface area contributed by atoms with Crippen LogP contribution < -0.4 is 10.6 Å². The molecule has 2 rings (SSSR count). The van der Waals surface area contributed by atoms with E-state index in [0.29, 0.717) is 6.04 Å². The number of alkyl carbamates (subject to hydrolysis) is 1. The van der Waals surface area contributed by atoms with E-state index in [0.717, 1.165) is 25.1 Å². The van der Waals surface area contributed by atoms with Crippen LogP contribution in [0.3, 0.4) is 0 Å². The lowest BCUT2D eigenvalue weighted by Crippen LogP contribution is -2.39. The van der Waals surface area contributed by atoms with Gasteiger partial charge in [-0.2, -0.15) is 5.10 Å². The first-order valence-electron chi connectivity index (χ1n) is 7.44. The van der Waals surface area contributed by atoms with E-state index in [9.17, 15) is 4.79 Å². The number of nitrogens with one attached hydrogen (secondary N) is 3. The van der Waals surface area contributed by atoms with Gasteiger partial charge in [0.15, 0.2) is 0 Å². The Bertz CT molecular complexity index is 454. The van der Waals surface area contributed by atoms with Crippen molar-refractivity contribution >= 4 is 6.09 Å². The zero-order chi connectivity index (χ0) is 15.5. The quantitative estimate of drug-likeness (QED) is 0.789. The lowest BCUT2D eigenvalue weighted by molar-refractivity contribution is 0.0505. The van der Waals surface area contributed by atoms with Crippen molar-refractivity contribution < 1.29 is 9.53 Å². The van der Waals surface area contributed by atoms with Gasteiger partial charge in [0.1, 0.15) is 17.8 Å². The molecular weight excluding hydrogens is 270 g/mol. The van der Waals surface area contributed by atoms with Gasteiger partial charge >= 0.3 is 6.09 Å². The second kappa shape index (κ2) is 6.43. The van der Waals surface area contributed by atoms with Crippen LogP contribution in [0.5, 0.6) is 0 Å². The van der Waals surface area contributed by atoms with Gasteiger partial charge in [-0.15, -0.1) is 0 Å². The number of ether oxygens (including phenoxy) is 1. The molecule has 1 amide bonds. The van der Waals surface area contributed by atoms with Crippen LogP contribution in [0.15, 0.2) is 6.33 Å². The van der Waals surface area contributed by atoms with E-state index in [1.165, 1.54) is 6.33 Å². The van der Waals surface area contributed by atoms with Gasteiger partial charge in [-0.3, -0.25) is 5.10 Å². The highest BCUT2D eigenvalue weighted by Gasteiger charge is 2.28. The highest BCUT2D eigenvalue weighted by molar-refractivity contribution is 5.68. The highest BCUT2D eigenvalue weighted by Crippen LogP contribution is 2.22. The maximum absolute atomic E-state index is 11.8. The Labute approximate surface area is 125 Å². The Morgan fingerprint density at radius 1 is 1.43 bits per heavy atom. The predicted molar refractivity (Wildman–Crippen MR) is 78.7 cm³/mol. The molecule has 3 unspecified atom stereocenters. The fourth-order valence-electron chi connectivity index (χ4n) is 2.59. The minimum atomic E-state index is -0.457. The summed E-state index contributed by atoms with van der Waals surface area (Å²) in [5.74, 6) is 0.832. The number of nitrogens with zero attached hydrogens (tertiary/aromatic N) is 2. The van der Waals surface area contributed by atoms with Gasteiger partial charge in [0, 0.05) is 12.1 Å². The van der Waals surface area contributed by atoms with Crippen molar-refractivity contribution in [1.82, 2.24) is 25.8 Å². The fourth-order valence-corrected chi connectivity index (χ4v) is 2.59. The monoisotopic (exact) mass is 295 g/mol. The van der Waals surface area contributed by atoms with Crippen molar-refractivity contribution in [3.8, 4) is 0 Å². The molecule has 118 valence electrons. The standard InChI is InChI=1S/C14H25N5O2/c1-9(12-15-8-16-19-12)17-10-5-6-11(7-10)18-13(20)21-14(2,3)4/h8-11,17H,5-7H2,1-4H3,(H,18,20)(H,15,16,19). The van der Waals surface area contributed by atoms with Gasteiger partial charge in [0.05, 0.1) is 6.04 Å². The van der Waals surface area contributed by atoms with Crippen LogP contribution in [0.2, 0.25) is 0 Å². The van der Waals surface area contributed by atoms with Crippen LogP contribution in [-0.4, -0.2) is 39.0 Å². The summed E-state index contributed by atoms with van der Waals surface area (Å²) in [6.07, 6.45) is 4.06. The summed E-state index contributed by atoms with van der Waals surface area (Å²) in [6, 6.07) is 0.655. The third kappa shape index (κ3) is 5.00. The van der Waals surface area contributed by atoms with E-state index >= 15 is 0 Å². The molecule has 7 nitrogen and oxygen atoms in total. The Morgan fingerprint density at radius 3 is 2.76 bits per heavy atom. The first kappa shape index (κ1) is 15.8. The van der Waals surface area contributed by atoms with Crippen molar-refractivity contribution in [2.75, 3.05) is 0 Å². The predicted octanol–water partition coefficient (Wildman–Crippen LogP) is 1.90. The van der Waals surface area contributed by atoms with Crippen molar-refractivity contribution in [3.63, 3.8) is 0 Å². The van der Waals surface area contributed by atoms with Crippen LogP contribution in [0.4, 0.5) is 4.79 Å². The van der Waals surface area contributed by atoms with E-state index in [4.69, 9.17) is 4.74 Å². The number of aromatic amines is 1. The number of carbonyl (C=O) groups is 1. The second-order valence-corrected chi connectivity index (χ2v) is 6.61. The molecule has 0 aromatic carbocycles. The minimum absolute atomic E-state index is 0.123. The number of rotatable bonds is 4. The lowest BCUT2D eigenvalue weighted by atomic mass is 10.2. The molecule has 1 fully saturated rings. The molecule has 1 aliphatic rings. The van der Waals surface area contributed by atoms with Crippen LogP contribution in [0.25, 0.3) is 0 Å². The number of H-pyrrole nitrogens is 1. The summed E-state index contributed by atoms with van der Waals surface area (Å²) in [4.78, 5) is 15.9. The molecule has 1 saturated carbocycles. The van der Waals surface area contributed by atoms with E-state index in [2.05, 4.69) is 32.7 Å². The van der Waals surface area contributed by atoms with Crippen LogP contribution in [-0.2, 0) is 4.74 Å². The molecule has 1 aliphatic carbocycles. The molecular formula is C14H25N5O2. The zero-order valence-corrected chi connectivity index (χ0v) is 13.1. The Morgan fingerprint density at radius 2 is 2.14 bits per heavy atom. The molecule has 0 radical (unpaired) electrons. The second-order valence-electron chi connectivity index (χ2n) is 6.61. The average molecular weight is 295 g/mol. The third-order valence-corrected chi connectivity index (χ3v) is 3.48. The SMILES string of the molecule is CC(NC1CCC(NC(=O)OC(C)(C)C)C1)c1ncn[nH]1. The first-order valence-corrected chi connectivity index (χ1v) is 7.44. The number of amides is 1. The molecule has 0 aliphatic heterocycles. The van der Waals surface area contributed by atoms with E-state index in [1.54, 1.807) is 0 Å². The maximum atomic E-state index is 11.8. The highest BCUT2D eigenvalue weighted by atomic mass is 16.6. The van der Waals surface area contributed by atoms with Gasteiger partial charge in [-0.1, -0.05) is 0 Å². The summed E-state index contributed by atoms with van der Waals surface area (Å²) in [5, 5.41) is 13.2. The molecule has 7 heteroatoms. The number of hydrogen-bond donors (Lipinski definition) is 3. The zero-order valence-electron chi connectivity index (χ0n) is 13.1. The lowest BCUT2D eigenvalue weighted by Gasteiger charge is -2.22. The van der Waals surface area contributed by atoms with Crippen LogP contribution >= 0.6 is 0 Å². The maximum Gasteiger partial charge on any atom is 0.407 e. The molecule has 0 saturated heterocycles. The summed E-state index contributed by atoms with van der Waals surface area (Å²) < 4.78 is 5.28. The van der Waals surface area contributed by atoms with Gasteiger partial charge < -0.3 is 15.4 Å². The van der Waals surface area contributed by atoms with Crippen molar-refractivity contribution in [2.45, 2.75) is 70.7 Å². The van der Waals surface area contributed by atoms with E-state index < -0.39 is 5.60 Å². The smallest absolute Gasteiger partial charge is 0.407 e. The van der Waals surface area contributed by atoms with Crippen molar-refractivity contribution in [3.05, 3.63) is 12.2 Å². The number of carbonyl (C=O) groups excluding carboxylic acids is 1. The molecule has 0 spiro atoms. The van der Waals surface area contributed by atoms with Crippen LogP contribution in [0, 0.1) is 0 Å². The van der Waals surface area contributed by atoms with Crippen molar-refractivity contribution in [2.24, 2.45) is 0 Å². The first-order chi connectivity index (χ1) is 9.83. The fraction of sp³-hybridized carbons (Fsp3) is 0.786. The molecule has 3 N–H and O–H groups in total. The average Bonchev–Trinajstić information content (AvgIpc) is 2.97. The van der Waals surface area contributed by atoms with Gasteiger partial charge in [0.25, 0.3) is 0 Å². The topological polar surface area (TPSA) is 91.9 Å². The van der Waals surface area contributed by atoms with Gasteiger partial charge in [-0.25, -0.2) is 9.78 Å². The van der Waals surface area contributed by atoms with Gasteiger partial charge in [0.2, 0.25) is 0 Å². The van der Waals surface area contributed by atoms with Crippen LogP contribution in [0.1, 0.15) is 58.8 Å². The summed E-state index contributed by atoms with van der Waals surface area (Å²) in [7, 11) is 0. The molecule has 1 heterocycles. The molecule has 1 aromatic heterocycles. The Balaban J connectivity index is 1.75. The number of aromatic nitrogens is 3. The Kier molecular flexibility index (Phi) is 4.82. The summed E-state index contributed by atoms with van der Waals surface area (Å²) in [5.41, 5.74) is -0.457.